The standard InChI is InChI=1S/C34H33FN6O3/c1-24-6-8-25(9-7-24)22-40(32(42)23-41-31-5-3-2-4-30(31)37-38-41)33(26-10-12-27(35)13-11-26)34(43)36-28-14-16-29(17-15-28)39-18-20-44-21-19-39/h2-17,33H,18-23H2,1H3,(H,36,43)/t33-/m0/s1. The van der Waals surface area contributed by atoms with Gasteiger partial charge >= 0.3 is 0 Å². The Labute approximate surface area is 254 Å². The van der Waals surface area contributed by atoms with Crippen LogP contribution in [0.5, 0.6) is 0 Å². The molecule has 6 rings (SSSR count). The number of aromatic nitrogens is 3. The molecule has 5 aromatic rings. The Balaban J connectivity index is 1.33. The lowest BCUT2D eigenvalue weighted by Gasteiger charge is -2.32. The maximum atomic E-state index is 14.2. The molecule has 0 saturated carbocycles. The molecule has 1 fully saturated rings. The molecule has 0 radical (unpaired) electrons. The van der Waals surface area contributed by atoms with Gasteiger partial charge in [-0.3, -0.25) is 9.59 Å². The van der Waals surface area contributed by atoms with Gasteiger partial charge in [0.15, 0.2) is 0 Å². The molecule has 4 aromatic carbocycles. The molecule has 0 unspecified atom stereocenters. The second-order valence-electron chi connectivity index (χ2n) is 10.8. The molecule has 1 aliphatic rings. The third kappa shape index (κ3) is 6.60. The van der Waals surface area contributed by atoms with E-state index in [1.807, 2.05) is 79.7 Å². The zero-order valence-electron chi connectivity index (χ0n) is 24.4. The molecular formula is C34H33FN6O3. The number of para-hydroxylation sites is 1. The SMILES string of the molecule is Cc1ccc(CN(C(=O)Cn2nnc3ccccc32)[C@H](C(=O)Nc2ccc(N3CCOCC3)cc2)c2ccc(F)cc2)cc1. The molecule has 10 heteroatoms. The number of morpholine rings is 1. The quantitative estimate of drug-likeness (QED) is 0.255. The van der Waals surface area contributed by atoms with Crippen LogP contribution in [-0.4, -0.2) is 58.0 Å². The molecule has 1 aromatic heterocycles. The number of nitrogens with zero attached hydrogens (tertiary/aromatic N) is 5. The maximum Gasteiger partial charge on any atom is 0.251 e. The minimum Gasteiger partial charge on any atom is -0.378 e. The van der Waals surface area contributed by atoms with Crippen LogP contribution >= 0.6 is 0 Å². The Kier molecular flexibility index (Phi) is 8.60. The Hall–Kier alpha value is -5.09. The number of hydrogen-bond acceptors (Lipinski definition) is 6. The number of halogens is 1. The molecule has 1 N–H and O–H groups in total. The molecule has 2 heterocycles. The Morgan fingerprint density at radius 2 is 1.64 bits per heavy atom. The molecule has 9 nitrogen and oxygen atoms in total. The molecule has 1 aliphatic heterocycles. The van der Waals surface area contributed by atoms with Crippen LogP contribution in [0.4, 0.5) is 15.8 Å². The predicted molar refractivity (Wildman–Crippen MR) is 167 cm³/mol. The van der Waals surface area contributed by atoms with Crippen LogP contribution in [-0.2, 0) is 27.4 Å². The Morgan fingerprint density at radius 1 is 0.932 bits per heavy atom. The minimum absolute atomic E-state index is 0.133. The van der Waals surface area contributed by atoms with E-state index in [4.69, 9.17) is 4.74 Å². The van der Waals surface area contributed by atoms with E-state index >= 15 is 0 Å². The summed E-state index contributed by atoms with van der Waals surface area (Å²) in [5.74, 6) is -1.19. The molecular weight excluding hydrogens is 559 g/mol. The second-order valence-corrected chi connectivity index (χ2v) is 10.8. The van der Waals surface area contributed by atoms with Crippen molar-refractivity contribution in [2.75, 3.05) is 36.5 Å². The van der Waals surface area contributed by atoms with Crippen LogP contribution in [0.2, 0.25) is 0 Å². The fraction of sp³-hybridized carbons (Fsp3) is 0.235. The van der Waals surface area contributed by atoms with Gasteiger partial charge in [-0.2, -0.15) is 0 Å². The highest BCUT2D eigenvalue weighted by atomic mass is 19.1. The fourth-order valence-electron chi connectivity index (χ4n) is 5.37. The molecule has 0 spiro atoms. The van der Waals surface area contributed by atoms with Gasteiger partial charge in [0.1, 0.15) is 23.9 Å². The molecule has 44 heavy (non-hydrogen) atoms. The van der Waals surface area contributed by atoms with Crippen molar-refractivity contribution in [1.82, 2.24) is 19.9 Å². The molecule has 1 saturated heterocycles. The van der Waals surface area contributed by atoms with Gasteiger partial charge in [-0.1, -0.05) is 59.3 Å². The number of carbonyl (C=O) groups is 2. The van der Waals surface area contributed by atoms with Gasteiger partial charge in [0.25, 0.3) is 5.91 Å². The van der Waals surface area contributed by atoms with Crippen LogP contribution in [0.15, 0.2) is 97.1 Å². The van der Waals surface area contributed by atoms with Crippen molar-refractivity contribution in [3.8, 4) is 0 Å². The summed E-state index contributed by atoms with van der Waals surface area (Å²) in [6, 6.07) is 27.4. The van der Waals surface area contributed by atoms with Crippen molar-refractivity contribution < 1.29 is 18.7 Å². The molecule has 0 bridgehead atoms. The number of anilines is 2. The van der Waals surface area contributed by atoms with Crippen molar-refractivity contribution in [2.24, 2.45) is 0 Å². The molecule has 1 atom stereocenters. The van der Waals surface area contributed by atoms with Gasteiger partial charge in [0.2, 0.25) is 5.91 Å². The van der Waals surface area contributed by atoms with E-state index < -0.39 is 17.8 Å². The van der Waals surface area contributed by atoms with E-state index in [1.165, 1.54) is 21.7 Å². The summed E-state index contributed by atoms with van der Waals surface area (Å²) in [6.45, 7) is 4.95. The molecule has 2 amide bonds. The highest BCUT2D eigenvalue weighted by molar-refractivity contribution is 5.98. The first kappa shape index (κ1) is 29.0. The monoisotopic (exact) mass is 592 g/mol. The number of fused-ring (bicyclic) bond motifs is 1. The van der Waals surface area contributed by atoms with Gasteiger partial charge < -0.3 is 19.9 Å². The van der Waals surface area contributed by atoms with Crippen molar-refractivity contribution >= 4 is 34.2 Å². The predicted octanol–water partition coefficient (Wildman–Crippen LogP) is 5.12. The van der Waals surface area contributed by atoms with E-state index in [0.717, 1.165) is 29.9 Å². The van der Waals surface area contributed by atoms with E-state index in [-0.39, 0.29) is 19.0 Å². The smallest absolute Gasteiger partial charge is 0.251 e. The topological polar surface area (TPSA) is 92.6 Å². The zero-order chi connectivity index (χ0) is 30.5. The van der Waals surface area contributed by atoms with E-state index in [9.17, 15) is 14.0 Å². The number of ether oxygens (including phenoxy) is 1. The van der Waals surface area contributed by atoms with E-state index in [2.05, 4.69) is 20.5 Å². The average molecular weight is 593 g/mol. The van der Waals surface area contributed by atoms with Crippen molar-refractivity contribution in [3.63, 3.8) is 0 Å². The number of aryl methyl sites for hydroxylation is 1. The van der Waals surface area contributed by atoms with Crippen LogP contribution < -0.4 is 10.2 Å². The first-order valence-electron chi connectivity index (χ1n) is 14.6. The van der Waals surface area contributed by atoms with Gasteiger partial charge in [-0.05, 0) is 66.6 Å². The van der Waals surface area contributed by atoms with Crippen LogP contribution in [0.3, 0.4) is 0 Å². The van der Waals surface area contributed by atoms with Crippen LogP contribution in [0.1, 0.15) is 22.7 Å². The number of nitrogens with one attached hydrogen (secondary N) is 1. The summed E-state index contributed by atoms with van der Waals surface area (Å²) in [4.78, 5) is 32.0. The summed E-state index contributed by atoms with van der Waals surface area (Å²) in [5, 5.41) is 11.4. The first-order chi connectivity index (χ1) is 21.4. The van der Waals surface area contributed by atoms with Gasteiger partial charge in [-0.25, -0.2) is 9.07 Å². The summed E-state index contributed by atoms with van der Waals surface area (Å²) in [5.41, 5.74) is 5.41. The first-order valence-corrected chi connectivity index (χ1v) is 14.6. The maximum absolute atomic E-state index is 14.2. The normalized spacial score (nSPS) is 13.9. The lowest BCUT2D eigenvalue weighted by Crippen LogP contribution is -2.42. The van der Waals surface area contributed by atoms with Crippen LogP contribution in [0.25, 0.3) is 11.0 Å². The summed E-state index contributed by atoms with van der Waals surface area (Å²) < 4.78 is 21.0. The highest BCUT2D eigenvalue weighted by Gasteiger charge is 2.32. The summed E-state index contributed by atoms with van der Waals surface area (Å²) in [6.07, 6.45) is 0. The van der Waals surface area contributed by atoms with E-state index in [0.29, 0.717) is 35.5 Å². The van der Waals surface area contributed by atoms with Gasteiger partial charge in [0, 0.05) is 31.0 Å². The van der Waals surface area contributed by atoms with Crippen molar-refractivity contribution in [3.05, 3.63) is 120 Å². The lowest BCUT2D eigenvalue weighted by molar-refractivity contribution is -0.140. The van der Waals surface area contributed by atoms with Crippen molar-refractivity contribution in [1.29, 1.82) is 0 Å². The fourth-order valence-corrected chi connectivity index (χ4v) is 5.37. The Bertz CT molecular complexity index is 1730. The summed E-state index contributed by atoms with van der Waals surface area (Å²) >= 11 is 0. The number of hydrogen-bond donors (Lipinski definition) is 1. The number of carbonyl (C=O) groups excluding carboxylic acids is 2. The third-order valence-corrected chi connectivity index (χ3v) is 7.76. The Morgan fingerprint density at radius 3 is 2.36 bits per heavy atom. The van der Waals surface area contributed by atoms with Crippen molar-refractivity contribution in [2.45, 2.75) is 26.1 Å². The van der Waals surface area contributed by atoms with Gasteiger partial charge in [0.05, 0.1) is 18.7 Å². The van der Waals surface area contributed by atoms with Crippen LogP contribution in [0, 0.1) is 12.7 Å². The minimum atomic E-state index is -1.06. The molecule has 0 aliphatic carbocycles. The third-order valence-electron chi connectivity index (χ3n) is 7.76. The van der Waals surface area contributed by atoms with Gasteiger partial charge in [-0.15, -0.1) is 5.10 Å². The average Bonchev–Trinajstić information content (AvgIpc) is 3.46. The number of rotatable bonds is 9. The number of amides is 2. The zero-order valence-corrected chi connectivity index (χ0v) is 24.4. The van der Waals surface area contributed by atoms with E-state index in [1.54, 1.807) is 12.1 Å². The molecule has 224 valence electrons. The lowest BCUT2D eigenvalue weighted by atomic mass is 10.0. The summed E-state index contributed by atoms with van der Waals surface area (Å²) in [7, 11) is 0. The number of benzene rings is 4. The largest absolute Gasteiger partial charge is 0.378 e. The second kappa shape index (κ2) is 13.0. The highest BCUT2D eigenvalue weighted by Crippen LogP contribution is 2.28.